The maximum absolute atomic E-state index is 11.6. The first-order valence-electron chi connectivity index (χ1n) is 6.75. The first kappa shape index (κ1) is 16.4. The van der Waals surface area contributed by atoms with E-state index in [4.69, 9.17) is 0 Å². The largest absolute Gasteiger partial charge is 0.352 e. The molecule has 0 rings (SSSR count). The van der Waals surface area contributed by atoms with Crippen LogP contribution in [-0.4, -0.2) is 49.6 Å². The van der Waals surface area contributed by atoms with Gasteiger partial charge in [-0.3, -0.25) is 4.79 Å². The number of nitrogens with zero attached hydrogens (tertiary/aromatic N) is 1. The summed E-state index contributed by atoms with van der Waals surface area (Å²) < 4.78 is 0. The zero-order valence-electron chi connectivity index (χ0n) is 12.0. The van der Waals surface area contributed by atoms with E-state index < -0.39 is 0 Å². The molecule has 0 fully saturated rings. The summed E-state index contributed by atoms with van der Waals surface area (Å²) in [5.41, 5.74) is 0. The highest BCUT2D eigenvalue weighted by Gasteiger charge is 2.12. The van der Waals surface area contributed by atoms with Crippen LogP contribution >= 0.6 is 0 Å². The van der Waals surface area contributed by atoms with E-state index in [1.165, 1.54) is 0 Å². The molecule has 0 aromatic carbocycles. The van der Waals surface area contributed by atoms with Gasteiger partial charge in [-0.25, -0.2) is 0 Å². The van der Waals surface area contributed by atoms with Crippen molar-refractivity contribution in [3.63, 3.8) is 0 Å². The van der Waals surface area contributed by atoms with Crippen LogP contribution in [0.4, 0.5) is 0 Å². The van der Waals surface area contributed by atoms with Gasteiger partial charge in [-0.2, -0.15) is 0 Å². The molecule has 0 spiro atoms. The number of likely N-dealkylation sites (N-methyl/N-ethyl adjacent to an activating group) is 1. The van der Waals surface area contributed by atoms with Gasteiger partial charge in [0.15, 0.2) is 0 Å². The summed E-state index contributed by atoms with van der Waals surface area (Å²) in [6, 6.07) is 0.147. The fourth-order valence-corrected chi connectivity index (χ4v) is 1.73. The van der Waals surface area contributed by atoms with Gasteiger partial charge in [-0.1, -0.05) is 13.8 Å². The van der Waals surface area contributed by atoms with Crippen molar-refractivity contribution < 1.29 is 4.79 Å². The third kappa shape index (κ3) is 7.34. The molecule has 17 heavy (non-hydrogen) atoms. The molecule has 0 saturated carbocycles. The third-order valence-corrected chi connectivity index (χ3v) is 3.22. The Morgan fingerprint density at radius 1 is 1.24 bits per heavy atom. The van der Waals surface area contributed by atoms with Crippen LogP contribution in [0.15, 0.2) is 0 Å². The van der Waals surface area contributed by atoms with E-state index in [0.717, 1.165) is 32.5 Å². The lowest BCUT2D eigenvalue weighted by Crippen LogP contribution is -2.44. The molecule has 0 aliphatic heterocycles. The molecule has 0 saturated heterocycles. The van der Waals surface area contributed by atoms with Gasteiger partial charge in [0.05, 0.1) is 6.04 Å². The standard InChI is InChI=1S/C13H29N3O/c1-6-16(7-2)10-8-9-11(3)15-13(17)12(4)14-5/h11-12,14H,6-10H2,1-5H3,(H,15,17). The number of carbonyl (C=O) groups is 1. The molecule has 2 unspecified atom stereocenters. The highest BCUT2D eigenvalue weighted by molar-refractivity contribution is 5.81. The number of nitrogens with one attached hydrogen (secondary N) is 2. The molecule has 102 valence electrons. The van der Waals surface area contributed by atoms with Crippen molar-refractivity contribution in [1.82, 2.24) is 15.5 Å². The molecule has 0 aromatic heterocycles. The molecule has 4 heteroatoms. The van der Waals surface area contributed by atoms with Crippen molar-refractivity contribution in [2.24, 2.45) is 0 Å². The fraction of sp³-hybridized carbons (Fsp3) is 0.923. The van der Waals surface area contributed by atoms with Gasteiger partial charge in [0.2, 0.25) is 5.91 Å². The summed E-state index contributed by atoms with van der Waals surface area (Å²) in [5.74, 6) is 0.0860. The Kier molecular flexibility index (Phi) is 9.09. The van der Waals surface area contributed by atoms with Crippen LogP contribution in [0.5, 0.6) is 0 Å². The molecule has 0 aromatic rings. The van der Waals surface area contributed by atoms with E-state index in [9.17, 15) is 4.79 Å². The maximum Gasteiger partial charge on any atom is 0.237 e. The Morgan fingerprint density at radius 3 is 2.29 bits per heavy atom. The predicted octanol–water partition coefficient (Wildman–Crippen LogP) is 1.22. The van der Waals surface area contributed by atoms with Crippen LogP contribution in [0.3, 0.4) is 0 Å². The van der Waals surface area contributed by atoms with Crippen molar-refractivity contribution in [2.45, 2.75) is 52.6 Å². The van der Waals surface area contributed by atoms with Crippen molar-refractivity contribution in [3.05, 3.63) is 0 Å². The molecule has 4 nitrogen and oxygen atoms in total. The predicted molar refractivity (Wildman–Crippen MR) is 73.1 cm³/mol. The Bertz CT molecular complexity index is 205. The minimum atomic E-state index is -0.111. The first-order chi connectivity index (χ1) is 8.04. The number of amides is 1. The zero-order chi connectivity index (χ0) is 13.3. The van der Waals surface area contributed by atoms with E-state index in [1.54, 1.807) is 7.05 Å². The lowest BCUT2D eigenvalue weighted by molar-refractivity contribution is -0.123. The summed E-state index contributed by atoms with van der Waals surface area (Å²) in [5, 5.41) is 5.96. The summed E-state index contributed by atoms with van der Waals surface area (Å²) in [7, 11) is 1.80. The third-order valence-electron chi connectivity index (χ3n) is 3.22. The normalized spacial score (nSPS) is 14.7. The Morgan fingerprint density at radius 2 is 1.82 bits per heavy atom. The Labute approximate surface area is 106 Å². The van der Waals surface area contributed by atoms with Gasteiger partial charge in [-0.15, -0.1) is 0 Å². The van der Waals surface area contributed by atoms with Crippen molar-refractivity contribution in [3.8, 4) is 0 Å². The van der Waals surface area contributed by atoms with E-state index in [-0.39, 0.29) is 18.0 Å². The minimum absolute atomic E-state index is 0.0860. The molecule has 1 amide bonds. The molecule has 0 aliphatic rings. The van der Waals surface area contributed by atoms with Crippen LogP contribution < -0.4 is 10.6 Å². The summed E-state index contributed by atoms with van der Waals surface area (Å²) in [6.45, 7) is 11.6. The average molecular weight is 243 g/mol. The molecule has 0 bridgehead atoms. The zero-order valence-corrected chi connectivity index (χ0v) is 12.0. The van der Waals surface area contributed by atoms with Crippen LogP contribution in [0.2, 0.25) is 0 Å². The highest BCUT2D eigenvalue weighted by Crippen LogP contribution is 2.00. The molecule has 0 radical (unpaired) electrons. The van der Waals surface area contributed by atoms with E-state index in [0.29, 0.717) is 0 Å². The van der Waals surface area contributed by atoms with Gasteiger partial charge < -0.3 is 15.5 Å². The van der Waals surface area contributed by atoms with Crippen molar-refractivity contribution >= 4 is 5.91 Å². The van der Waals surface area contributed by atoms with Crippen LogP contribution in [0.1, 0.15) is 40.5 Å². The molecule has 2 atom stereocenters. The quantitative estimate of drug-likeness (QED) is 0.640. The van der Waals surface area contributed by atoms with Crippen LogP contribution in [0, 0.1) is 0 Å². The lowest BCUT2D eigenvalue weighted by Gasteiger charge is -2.20. The topological polar surface area (TPSA) is 44.4 Å². The summed E-state index contributed by atoms with van der Waals surface area (Å²) >= 11 is 0. The van der Waals surface area contributed by atoms with Crippen molar-refractivity contribution in [2.75, 3.05) is 26.7 Å². The SMILES string of the molecule is CCN(CC)CCCC(C)NC(=O)C(C)NC. The molecule has 2 N–H and O–H groups in total. The van der Waals surface area contributed by atoms with Gasteiger partial charge in [0.25, 0.3) is 0 Å². The summed E-state index contributed by atoms with van der Waals surface area (Å²) in [6.07, 6.45) is 2.18. The average Bonchev–Trinajstić information content (AvgIpc) is 2.33. The van der Waals surface area contributed by atoms with Gasteiger partial charge in [-0.05, 0) is 53.4 Å². The second-order valence-electron chi connectivity index (χ2n) is 4.59. The highest BCUT2D eigenvalue weighted by atomic mass is 16.2. The number of carbonyl (C=O) groups excluding carboxylic acids is 1. The minimum Gasteiger partial charge on any atom is -0.352 e. The lowest BCUT2D eigenvalue weighted by atomic mass is 10.1. The van der Waals surface area contributed by atoms with E-state index in [1.807, 2.05) is 6.92 Å². The molecule has 0 heterocycles. The number of rotatable bonds is 9. The van der Waals surface area contributed by atoms with Gasteiger partial charge in [0.1, 0.15) is 0 Å². The first-order valence-corrected chi connectivity index (χ1v) is 6.75. The summed E-state index contributed by atoms with van der Waals surface area (Å²) in [4.78, 5) is 14.0. The number of hydrogen-bond donors (Lipinski definition) is 2. The molecule has 0 aliphatic carbocycles. The fourth-order valence-electron chi connectivity index (χ4n) is 1.73. The second kappa shape index (κ2) is 9.42. The molecular formula is C13H29N3O. The van der Waals surface area contributed by atoms with Gasteiger partial charge in [0, 0.05) is 6.04 Å². The van der Waals surface area contributed by atoms with E-state index in [2.05, 4.69) is 36.3 Å². The van der Waals surface area contributed by atoms with Crippen LogP contribution in [0.25, 0.3) is 0 Å². The second-order valence-corrected chi connectivity index (χ2v) is 4.59. The molecular weight excluding hydrogens is 214 g/mol. The van der Waals surface area contributed by atoms with Gasteiger partial charge >= 0.3 is 0 Å². The van der Waals surface area contributed by atoms with E-state index >= 15 is 0 Å². The Hall–Kier alpha value is -0.610. The monoisotopic (exact) mass is 243 g/mol. The smallest absolute Gasteiger partial charge is 0.237 e. The van der Waals surface area contributed by atoms with Crippen molar-refractivity contribution in [1.29, 1.82) is 0 Å². The van der Waals surface area contributed by atoms with Crippen LogP contribution in [-0.2, 0) is 4.79 Å². The Balaban J connectivity index is 3.72. The number of hydrogen-bond acceptors (Lipinski definition) is 3. The maximum atomic E-state index is 11.6.